The van der Waals surface area contributed by atoms with Crippen LogP contribution in [-0.2, 0) is 4.79 Å². The maximum atomic E-state index is 13.6. The van der Waals surface area contributed by atoms with E-state index in [0.29, 0.717) is 6.42 Å². The van der Waals surface area contributed by atoms with Crippen LogP contribution in [0, 0.1) is 0 Å². The Morgan fingerprint density at radius 1 is 0.844 bits per heavy atom. The molecule has 4 nitrogen and oxygen atoms in total. The minimum Gasteiger partial charge on any atom is -0.508 e. The number of nitrogens with zero attached hydrogens (tertiary/aromatic N) is 1. The monoisotopic (exact) mass is 418 g/mol. The molecule has 0 amide bonds. The maximum Gasteiger partial charge on any atom is 0.162 e. The molecule has 32 heavy (non-hydrogen) atoms. The Kier molecular flexibility index (Phi) is 4.32. The van der Waals surface area contributed by atoms with Crippen LogP contribution in [0.1, 0.15) is 41.4 Å². The van der Waals surface area contributed by atoms with Crippen LogP contribution in [0.3, 0.4) is 0 Å². The molecule has 3 aromatic carbocycles. The molecule has 0 radical (unpaired) electrons. The van der Waals surface area contributed by atoms with E-state index in [4.69, 9.17) is 0 Å². The Morgan fingerprint density at radius 3 is 2.47 bits per heavy atom. The van der Waals surface area contributed by atoms with Crippen LogP contribution in [0.2, 0.25) is 0 Å². The van der Waals surface area contributed by atoms with Gasteiger partial charge in [-0.05, 0) is 59.4 Å². The number of benzene rings is 3. The van der Waals surface area contributed by atoms with Gasteiger partial charge in [-0.25, -0.2) is 0 Å². The molecule has 0 bridgehead atoms. The molecule has 156 valence electrons. The molecule has 0 unspecified atom stereocenters. The SMILES string of the molecule is O=C1C[C@H](c2ccccc2)CC2=C1[C@H](c1ccc(O)cc1)c1c(ccc3ncccc13)N2. The summed E-state index contributed by atoms with van der Waals surface area (Å²) in [5.41, 5.74) is 7.04. The molecule has 0 saturated heterocycles. The van der Waals surface area contributed by atoms with Gasteiger partial charge in [0.05, 0.1) is 5.52 Å². The minimum absolute atomic E-state index is 0.166. The van der Waals surface area contributed by atoms with E-state index in [1.165, 1.54) is 5.56 Å². The second-order valence-corrected chi connectivity index (χ2v) is 8.58. The van der Waals surface area contributed by atoms with Gasteiger partial charge in [-0.3, -0.25) is 9.78 Å². The Bertz CT molecular complexity index is 1370. The van der Waals surface area contributed by atoms with Gasteiger partial charge in [-0.2, -0.15) is 0 Å². The molecule has 1 aromatic heterocycles. The van der Waals surface area contributed by atoms with Crippen LogP contribution in [0.15, 0.2) is 96.3 Å². The summed E-state index contributed by atoms with van der Waals surface area (Å²) in [6, 6.07) is 25.6. The van der Waals surface area contributed by atoms with Gasteiger partial charge in [0.15, 0.2) is 5.78 Å². The van der Waals surface area contributed by atoms with Crippen molar-refractivity contribution in [3.8, 4) is 5.75 Å². The van der Waals surface area contributed by atoms with Crippen LogP contribution in [-0.4, -0.2) is 15.9 Å². The van der Waals surface area contributed by atoms with Crippen molar-refractivity contribution < 1.29 is 9.90 Å². The molecule has 0 fully saturated rings. The number of phenolic OH excluding ortho intramolecular Hbond substituents is 1. The fourth-order valence-electron chi connectivity index (χ4n) is 5.25. The Morgan fingerprint density at radius 2 is 1.66 bits per heavy atom. The third-order valence-corrected chi connectivity index (χ3v) is 6.69. The summed E-state index contributed by atoms with van der Waals surface area (Å²) in [5, 5.41) is 14.5. The Balaban J connectivity index is 1.55. The number of hydrogen-bond acceptors (Lipinski definition) is 4. The lowest BCUT2D eigenvalue weighted by molar-refractivity contribution is -0.116. The van der Waals surface area contributed by atoms with E-state index in [9.17, 15) is 9.90 Å². The number of fused-ring (bicyclic) bond motifs is 3. The van der Waals surface area contributed by atoms with Crippen molar-refractivity contribution in [1.82, 2.24) is 4.98 Å². The second-order valence-electron chi connectivity index (χ2n) is 8.58. The zero-order chi connectivity index (χ0) is 21.7. The largest absolute Gasteiger partial charge is 0.508 e. The number of hydrogen-bond donors (Lipinski definition) is 2. The number of aromatic nitrogens is 1. The van der Waals surface area contributed by atoms with Gasteiger partial charge < -0.3 is 10.4 Å². The first-order valence-corrected chi connectivity index (χ1v) is 10.9. The van der Waals surface area contributed by atoms with Crippen LogP contribution in [0.5, 0.6) is 5.75 Å². The first kappa shape index (κ1) is 18.8. The number of ketones is 1. The average Bonchev–Trinajstić information content (AvgIpc) is 2.83. The normalized spacial score (nSPS) is 19.9. The van der Waals surface area contributed by atoms with Crippen molar-refractivity contribution in [3.63, 3.8) is 0 Å². The van der Waals surface area contributed by atoms with E-state index < -0.39 is 0 Å². The third-order valence-electron chi connectivity index (χ3n) is 6.69. The number of phenols is 1. The number of anilines is 1. The van der Waals surface area contributed by atoms with Gasteiger partial charge in [-0.15, -0.1) is 0 Å². The van der Waals surface area contributed by atoms with Crippen molar-refractivity contribution >= 4 is 22.4 Å². The van der Waals surface area contributed by atoms with Crippen molar-refractivity contribution in [3.05, 3.63) is 113 Å². The summed E-state index contributed by atoms with van der Waals surface area (Å²) in [6.07, 6.45) is 3.09. The van der Waals surface area contributed by atoms with E-state index in [-0.39, 0.29) is 23.4 Å². The molecule has 4 heteroatoms. The molecule has 2 aliphatic rings. The highest BCUT2D eigenvalue weighted by atomic mass is 16.3. The lowest BCUT2D eigenvalue weighted by atomic mass is 9.71. The molecule has 0 spiro atoms. The number of nitrogens with one attached hydrogen (secondary N) is 1. The summed E-state index contributed by atoms with van der Waals surface area (Å²) in [6.45, 7) is 0. The lowest BCUT2D eigenvalue weighted by Crippen LogP contribution is -2.30. The zero-order valence-electron chi connectivity index (χ0n) is 17.5. The molecule has 2 N–H and O–H groups in total. The molecule has 0 saturated carbocycles. The van der Waals surface area contributed by atoms with Gasteiger partial charge >= 0.3 is 0 Å². The number of pyridine rings is 1. The highest BCUT2D eigenvalue weighted by molar-refractivity contribution is 6.04. The fourth-order valence-corrected chi connectivity index (χ4v) is 5.25. The smallest absolute Gasteiger partial charge is 0.162 e. The predicted octanol–water partition coefficient (Wildman–Crippen LogP) is 5.90. The minimum atomic E-state index is -0.195. The van der Waals surface area contributed by atoms with Gasteiger partial charge in [0.1, 0.15) is 5.75 Å². The average molecular weight is 418 g/mol. The Labute approximate surface area is 186 Å². The summed E-state index contributed by atoms with van der Waals surface area (Å²) in [4.78, 5) is 18.2. The number of carbonyl (C=O) groups is 1. The molecule has 2 atom stereocenters. The van der Waals surface area contributed by atoms with E-state index in [0.717, 1.165) is 45.4 Å². The summed E-state index contributed by atoms with van der Waals surface area (Å²) in [7, 11) is 0. The molecule has 2 heterocycles. The third kappa shape index (κ3) is 2.99. The molecular weight excluding hydrogens is 396 g/mol. The highest BCUT2D eigenvalue weighted by Crippen LogP contribution is 2.49. The van der Waals surface area contributed by atoms with E-state index >= 15 is 0 Å². The van der Waals surface area contributed by atoms with E-state index in [2.05, 4.69) is 34.6 Å². The van der Waals surface area contributed by atoms with Crippen LogP contribution < -0.4 is 5.32 Å². The summed E-state index contributed by atoms with van der Waals surface area (Å²) >= 11 is 0. The molecular formula is C28H22N2O2. The molecule has 6 rings (SSSR count). The van der Waals surface area contributed by atoms with Crippen molar-refractivity contribution in [2.75, 3.05) is 5.32 Å². The quantitative estimate of drug-likeness (QED) is 0.426. The topological polar surface area (TPSA) is 62.2 Å². The lowest BCUT2D eigenvalue weighted by Gasteiger charge is -2.37. The van der Waals surface area contributed by atoms with Crippen molar-refractivity contribution in [2.24, 2.45) is 0 Å². The number of aromatic hydroxyl groups is 1. The fraction of sp³-hybridized carbons (Fsp3) is 0.143. The van der Waals surface area contributed by atoms with Crippen LogP contribution >= 0.6 is 0 Å². The van der Waals surface area contributed by atoms with Crippen LogP contribution in [0.4, 0.5) is 5.69 Å². The van der Waals surface area contributed by atoms with Gasteiger partial charge in [-0.1, -0.05) is 48.5 Å². The molecule has 4 aromatic rings. The molecule has 1 aliphatic carbocycles. The summed E-state index contributed by atoms with van der Waals surface area (Å²) in [5.74, 6) is 0.367. The Hall–Kier alpha value is -3.92. The van der Waals surface area contributed by atoms with Crippen molar-refractivity contribution in [1.29, 1.82) is 0 Å². The van der Waals surface area contributed by atoms with Gasteiger partial charge in [0.2, 0.25) is 0 Å². The maximum absolute atomic E-state index is 13.6. The van der Waals surface area contributed by atoms with Gasteiger partial charge in [0.25, 0.3) is 0 Å². The number of rotatable bonds is 2. The number of allylic oxidation sites excluding steroid dienone is 2. The first-order valence-electron chi connectivity index (χ1n) is 10.9. The predicted molar refractivity (Wildman–Crippen MR) is 126 cm³/mol. The van der Waals surface area contributed by atoms with E-state index in [1.54, 1.807) is 18.3 Å². The van der Waals surface area contributed by atoms with Crippen molar-refractivity contribution in [2.45, 2.75) is 24.7 Å². The summed E-state index contributed by atoms with van der Waals surface area (Å²) < 4.78 is 0. The zero-order valence-corrected chi connectivity index (χ0v) is 17.5. The standard InChI is InChI=1S/C28H22N2O2/c31-20-10-8-18(9-11-20)26-27-21-7-4-14-29-22(21)12-13-23(27)30-24-15-19(16-25(32)28(24)26)17-5-2-1-3-6-17/h1-14,19,26,30-31H,15-16H2/t19-,26-/m1/s1. The van der Waals surface area contributed by atoms with Gasteiger partial charge in [0, 0.05) is 40.9 Å². The van der Waals surface area contributed by atoms with E-state index in [1.807, 2.05) is 42.5 Å². The van der Waals surface area contributed by atoms with Crippen LogP contribution in [0.25, 0.3) is 10.9 Å². The second kappa shape index (κ2) is 7.34. The number of Topliss-reactive ketones (excluding diaryl/α,β-unsaturated/α-hetero) is 1. The first-order chi connectivity index (χ1) is 15.7. The highest BCUT2D eigenvalue weighted by Gasteiger charge is 2.39. The number of carbonyl (C=O) groups excluding carboxylic acids is 1. The molecule has 1 aliphatic heterocycles.